The quantitative estimate of drug-likeness (QED) is 0.199. The third kappa shape index (κ3) is 8.62. The zero-order chi connectivity index (χ0) is 26.3. The Labute approximate surface area is 217 Å². The van der Waals surface area contributed by atoms with E-state index < -0.39 is 12.1 Å². The standard InChI is InChI=1S/C26H47N5O3S/c1-16(2)14-26(5,6)21(30-25(33)34-17(3)4)24(35)31-13-7-8-20(31)23(32)29-15-18-9-11-19(12-10-18)22(27)28/h16-21H,7-15H2,1-6H3,(H3,27,28)(H,29,32)(H,30,33)/t18?,19?,20-,21+/m0/s1. The number of nitrogens with one attached hydrogen (secondary N) is 3. The number of alkyl carbamates (subject to hydrolysis) is 1. The molecule has 2 atom stereocenters. The van der Waals surface area contributed by atoms with E-state index in [0.29, 0.717) is 29.9 Å². The summed E-state index contributed by atoms with van der Waals surface area (Å²) in [5.41, 5.74) is 5.35. The molecule has 1 saturated carbocycles. The van der Waals surface area contributed by atoms with Crippen LogP contribution in [-0.4, -0.2) is 59.0 Å². The highest BCUT2D eigenvalue weighted by Crippen LogP contribution is 2.33. The first-order valence-electron chi connectivity index (χ1n) is 13.2. The number of nitrogens with zero attached hydrogens (tertiary/aromatic N) is 1. The van der Waals surface area contributed by atoms with E-state index in [9.17, 15) is 9.59 Å². The molecule has 0 aromatic rings. The van der Waals surface area contributed by atoms with Gasteiger partial charge in [0.05, 0.1) is 18.0 Å². The van der Waals surface area contributed by atoms with Crippen LogP contribution in [0.5, 0.6) is 0 Å². The summed E-state index contributed by atoms with van der Waals surface area (Å²) >= 11 is 5.95. The van der Waals surface area contributed by atoms with Gasteiger partial charge in [-0.3, -0.25) is 10.2 Å². The van der Waals surface area contributed by atoms with Crippen molar-refractivity contribution in [1.29, 1.82) is 5.41 Å². The van der Waals surface area contributed by atoms with E-state index in [2.05, 4.69) is 38.3 Å². The molecule has 5 N–H and O–H groups in total. The van der Waals surface area contributed by atoms with Crippen LogP contribution in [-0.2, 0) is 9.53 Å². The maximum absolute atomic E-state index is 13.2. The molecule has 0 bridgehead atoms. The van der Waals surface area contributed by atoms with E-state index in [1.807, 2.05) is 18.7 Å². The second-order valence-corrected chi connectivity index (χ2v) is 12.1. The molecule has 1 heterocycles. The Hall–Kier alpha value is -1.90. The summed E-state index contributed by atoms with van der Waals surface area (Å²) < 4.78 is 5.37. The summed E-state index contributed by atoms with van der Waals surface area (Å²) in [6.45, 7) is 13.5. The third-order valence-corrected chi connectivity index (χ3v) is 7.73. The summed E-state index contributed by atoms with van der Waals surface area (Å²) in [7, 11) is 0. The number of amides is 2. The Bertz CT molecular complexity index is 762. The molecular formula is C26H47N5O3S. The van der Waals surface area contributed by atoms with Crippen molar-refractivity contribution < 1.29 is 14.3 Å². The number of rotatable bonds is 10. The smallest absolute Gasteiger partial charge is 0.407 e. The maximum atomic E-state index is 13.2. The highest BCUT2D eigenvalue weighted by atomic mass is 32.1. The van der Waals surface area contributed by atoms with Crippen molar-refractivity contribution >= 4 is 35.0 Å². The SMILES string of the molecule is CC(C)CC(C)(C)[C@H](NC(=O)OC(C)C)C(=S)N1CCC[C@H]1C(=O)NCC1CCC(C(=N)N)CC1. The normalized spacial score (nSPS) is 23.8. The maximum Gasteiger partial charge on any atom is 0.407 e. The number of likely N-dealkylation sites (tertiary alicyclic amines) is 1. The van der Waals surface area contributed by atoms with Crippen molar-refractivity contribution in [3.8, 4) is 0 Å². The molecule has 2 rings (SSSR count). The highest BCUT2D eigenvalue weighted by Gasteiger charge is 2.41. The van der Waals surface area contributed by atoms with Gasteiger partial charge >= 0.3 is 6.09 Å². The molecule has 1 aliphatic carbocycles. The molecule has 0 spiro atoms. The van der Waals surface area contributed by atoms with Crippen LogP contribution in [0.1, 0.15) is 86.5 Å². The largest absolute Gasteiger partial charge is 0.447 e. The zero-order valence-electron chi connectivity index (χ0n) is 22.5. The van der Waals surface area contributed by atoms with Gasteiger partial charge in [-0.2, -0.15) is 0 Å². The average Bonchev–Trinajstić information content (AvgIpc) is 3.24. The second kappa shape index (κ2) is 12.9. The van der Waals surface area contributed by atoms with Crippen LogP contribution in [0.2, 0.25) is 0 Å². The Kier molecular flexibility index (Phi) is 10.8. The summed E-state index contributed by atoms with van der Waals surface area (Å²) in [5, 5.41) is 13.8. The molecule has 1 aliphatic heterocycles. The van der Waals surface area contributed by atoms with Crippen molar-refractivity contribution in [2.45, 2.75) is 105 Å². The lowest BCUT2D eigenvalue weighted by molar-refractivity contribution is -0.124. The fourth-order valence-corrected chi connectivity index (χ4v) is 6.23. The van der Waals surface area contributed by atoms with Gasteiger partial charge in [-0.05, 0) is 76.0 Å². The molecule has 2 aliphatic rings. The molecule has 0 radical (unpaired) electrons. The predicted octanol–water partition coefficient (Wildman–Crippen LogP) is 4.21. The third-order valence-electron chi connectivity index (χ3n) is 7.26. The average molecular weight is 510 g/mol. The van der Waals surface area contributed by atoms with Gasteiger partial charge in [-0.25, -0.2) is 4.79 Å². The lowest BCUT2D eigenvalue weighted by Crippen LogP contribution is -2.58. The van der Waals surface area contributed by atoms with Crippen LogP contribution in [0.15, 0.2) is 0 Å². The van der Waals surface area contributed by atoms with E-state index in [-0.39, 0.29) is 35.2 Å². The van der Waals surface area contributed by atoms with Gasteiger partial charge in [0.1, 0.15) is 11.0 Å². The zero-order valence-corrected chi connectivity index (χ0v) is 23.3. The second-order valence-electron chi connectivity index (χ2n) is 11.7. The molecule has 8 nitrogen and oxygen atoms in total. The van der Waals surface area contributed by atoms with Crippen molar-refractivity contribution in [1.82, 2.24) is 15.5 Å². The Morgan fingerprint density at radius 3 is 2.31 bits per heavy atom. The van der Waals surface area contributed by atoms with Gasteiger partial charge < -0.3 is 26.0 Å². The first kappa shape index (κ1) is 29.3. The minimum atomic E-state index is -0.481. The van der Waals surface area contributed by atoms with Gasteiger partial charge in [0, 0.05) is 19.0 Å². The van der Waals surface area contributed by atoms with Gasteiger partial charge in [-0.15, -0.1) is 0 Å². The summed E-state index contributed by atoms with van der Waals surface area (Å²) in [4.78, 5) is 28.4. The van der Waals surface area contributed by atoms with Gasteiger partial charge in [0.15, 0.2) is 0 Å². The van der Waals surface area contributed by atoms with Crippen molar-refractivity contribution in [3.05, 3.63) is 0 Å². The molecule has 200 valence electrons. The van der Waals surface area contributed by atoms with E-state index in [4.69, 9.17) is 28.1 Å². The Morgan fingerprint density at radius 2 is 1.77 bits per heavy atom. The molecule has 0 aromatic heterocycles. The minimum absolute atomic E-state index is 0.00344. The number of amidine groups is 1. The Balaban J connectivity index is 2.06. The number of ether oxygens (including phenoxy) is 1. The number of carbonyl (C=O) groups is 2. The molecule has 2 fully saturated rings. The topological polar surface area (TPSA) is 121 Å². The first-order chi connectivity index (χ1) is 16.3. The van der Waals surface area contributed by atoms with Gasteiger partial charge in [-0.1, -0.05) is 39.9 Å². The fraction of sp³-hybridized carbons (Fsp3) is 0.846. The van der Waals surface area contributed by atoms with E-state index in [0.717, 1.165) is 44.9 Å². The number of thiocarbonyl (C=S) groups is 1. The number of hydrogen-bond acceptors (Lipinski definition) is 5. The molecule has 2 amide bonds. The van der Waals surface area contributed by atoms with Crippen LogP contribution in [0.25, 0.3) is 0 Å². The van der Waals surface area contributed by atoms with Crippen LogP contribution >= 0.6 is 12.2 Å². The van der Waals surface area contributed by atoms with E-state index in [1.165, 1.54) is 0 Å². The lowest BCUT2D eigenvalue weighted by atomic mass is 9.77. The lowest BCUT2D eigenvalue weighted by Gasteiger charge is -2.40. The predicted molar refractivity (Wildman–Crippen MR) is 144 cm³/mol. The summed E-state index contributed by atoms with van der Waals surface area (Å²) in [5.74, 6) is 1.31. The number of nitrogens with two attached hydrogens (primary N) is 1. The van der Waals surface area contributed by atoms with E-state index in [1.54, 1.807) is 0 Å². The van der Waals surface area contributed by atoms with E-state index >= 15 is 0 Å². The molecule has 0 unspecified atom stereocenters. The monoisotopic (exact) mass is 509 g/mol. The summed E-state index contributed by atoms with van der Waals surface area (Å²) in [6, 6.07) is -0.738. The number of carbonyl (C=O) groups excluding carboxylic acids is 2. The van der Waals surface area contributed by atoms with Gasteiger partial charge in [0.25, 0.3) is 0 Å². The molecule has 0 aromatic carbocycles. The fourth-order valence-electron chi connectivity index (χ4n) is 5.64. The molecule has 35 heavy (non-hydrogen) atoms. The number of hydrogen-bond donors (Lipinski definition) is 4. The molecule has 9 heteroatoms. The first-order valence-corrected chi connectivity index (χ1v) is 13.6. The van der Waals surface area contributed by atoms with Crippen LogP contribution < -0.4 is 16.4 Å². The minimum Gasteiger partial charge on any atom is -0.447 e. The highest BCUT2D eigenvalue weighted by molar-refractivity contribution is 7.80. The van der Waals surface area contributed by atoms with Crippen LogP contribution in [0.4, 0.5) is 4.79 Å². The molecular weight excluding hydrogens is 462 g/mol. The van der Waals surface area contributed by atoms with Crippen LogP contribution in [0, 0.1) is 28.6 Å². The van der Waals surface area contributed by atoms with Crippen molar-refractivity contribution in [2.24, 2.45) is 28.9 Å². The molecule has 1 saturated heterocycles. The van der Waals surface area contributed by atoms with Crippen molar-refractivity contribution in [3.63, 3.8) is 0 Å². The van der Waals surface area contributed by atoms with Crippen LogP contribution in [0.3, 0.4) is 0 Å². The van der Waals surface area contributed by atoms with Crippen molar-refractivity contribution in [2.75, 3.05) is 13.1 Å². The Morgan fingerprint density at radius 1 is 1.14 bits per heavy atom. The summed E-state index contributed by atoms with van der Waals surface area (Å²) in [6.07, 6.45) is 5.58. The van der Waals surface area contributed by atoms with Gasteiger partial charge in [0.2, 0.25) is 5.91 Å².